The number of carbonyl (C=O) groups excluding carboxylic acids is 4. The molecule has 1 atom stereocenters. The highest BCUT2D eigenvalue weighted by Crippen LogP contribution is 2.29. The number of ketones is 1. The molecule has 0 radical (unpaired) electrons. The normalized spacial score (nSPS) is 13.7. The monoisotopic (exact) mass is 396 g/mol. The molecule has 2 aromatic carbocycles. The number of ether oxygens (including phenoxy) is 2. The Morgan fingerprint density at radius 3 is 2.48 bits per heavy atom. The number of benzene rings is 2. The lowest BCUT2D eigenvalue weighted by molar-refractivity contribution is -0.155. The maximum absolute atomic E-state index is 12.7. The van der Waals surface area contributed by atoms with Crippen molar-refractivity contribution in [2.75, 3.05) is 23.4 Å². The van der Waals surface area contributed by atoms with E-state index in [4.69, 9.17) is 9.47 Å². The third kappa shape index (κ3) is 4.78. The molecule has 150 valence electrons. The summed E-state index contributed by atoms with van der Waals surface area (Å²) in [6.07, 6.45) is -1.09. The number of amides is 2. The van der Waals surface area contributed by atoms with Gasteiger partial charge in [-0.05, 0) is 50.2 Å². The minimum absolute atomic E-state index is 0.0729. The average molecular weight is 396 g/mol. The van der Waals surface area contributed by atoms with Gasteiger partial charge in [-0.2, -0.15) is 0 Å². The number of nitrogens with one attached hydrogen (secondary N) is 1. The molecule has 1 heterocycles. The molecule has 0 bridgehead atoms. The van der Waals surface area contributed by atoms with Crippen molar-refractivity contribution < 1.29 is 28.7 Å². The number of Topliss-reactive ketones (excluding diaryl/α,β-unsaturated/α-hetero) is 1. The average Bonchev–Trinajstić information content (AvgIpc) is 2.71. The van der Waals surface area contributed by atoms with Crippen molar-refractivity contribution in [2.45, 2.75) is 20.0 Å². The Balaban J connectivity index is 1.57. The van der Waals surface area contributed by atoms with E-state index in [1.54, 1.807) is 48.5 Å². The smallest absolute Gasteiger partial charge is 0.344 e. The van der Waals surface area contributed by atoms with Crippen LogP contribution in [0.3, 0.4) is 0 Å². The Morgan fingerprint density at radius 2 is 1.79 bits per heavy atom. The summed E-state index contributed by atoms with van der Waals surface area (Å²) in [6, 6.07) is 13.2. The van der Waals surface area contributed by atoms with Crippen LogP contribution in [0.15, 0.2) is 48.5 Å². The molecule has 1 aliphatic heterocycles. The van der Waals surface area contributed by atoms with Crippen LogP contribution in [-0.4, -0.2) is 42.8 Å². The molecule has 1 N–H and O–H groups in total. The van der Waals surface area contributed by atoms with Crippen LogP contribution in [-0.2, 0) is 19.1 Å². The molecular weight excluding hydrogens is 376 g/mol. The minimum atomic E-state index is -1.09. The zero-order valence-electron chi connectivity index (χ0n) is 16.0. The molecular formula is C21H20N2O6. The van der Waals surface area contributed by atoms with Crippen molar-refractivity contribution in [3.05, 3.63) is 54.1 Å². The van der Waals surface area contributed by atoms with E-state index in [-0.39, 0.29) is 18.2 Å². The van der Waals surface area contributed by atoms with Gasteiger partial charge in [0.1, 0.15) is 12.3 Å². The number of esters is 1. The molecule has 0 spiro atoms. The zero-order valence-corrected chi connectivity index (χ0v) is 16.0. The van der Waals surface area contributed by atoms with Gasteiger partial charge in [0.2, 0.25) is 5.91 Å². The van der Waals surface area contributed by atoms with Crippen LogP contribution < -0.4 is 15.0 Å². The molecule has 29 heavy (non-hydrogen) atoms. The van der Waals surface area contributed by atoms with Crippen LogP contribution in [0.5, 0.6) is 5.75 Å². The van der Waals surface area contributed by atoms with Crippen molar-refractivity contribution in [1.82, 2.24) is 0 Å². The molecule has 1 aliphatic rings. The highest BCUT2D eigenvalue weighted by Gasteiger charge is 2.31. The first-order valence-corrected chi connectivity index (χ1v) is 8.98. The third-order valence-electron chi connectivity index (χ3n) is 4.31. The Kier molecular flexibility index (Phi) is 5.92. The summed E-state index contributed by atoms with van der Waals surface area (Å²) < 4.78 is 10.5. The van der Waals surface area contributed by atoms with Gasteiger partial charge >= 0.3 is 5.97 Å². The summed E-state index contributed by atoms with van der Waals surface area (Å²) in [5.74, 6) is -1.24. The summed E-state index contributed by atoms with van der Waals surface area (Å²) in [6.45, 7) is 2.35. The number of hydrogen-bond acceptors (Lipinski definition) is 6. The van der Waals surface area contributed by atoms with E-state index in [2.05, 4.69) is 5.32 Å². The molecule has 0 saturated carbocycles. The zero-order chi connectivity index (χ0) is 21.0. The van der Waals surface area contributed by atoms with E-state index in [9.17, 15) is 19.2 Å². The highest BCUT2D eigenvalue weighted by molar-refractivity contribution is 6.11. The standard InChI is InChI=1S/C21H20N2O6/c1-13(24)15-7-9-16(10-8-15)28-12-20(26)29-14(2)21(27)23-11-19(25)22-17-5-3-4-6-18(17)23/h3-10,14H,11-12H2,1-2H3,(H,22,25)/t14-/m1/s1. The highest BCUT2D eigenvalue weighted by atomic mass is 16.6. The lowest BCUT2D eigenvalue weighted by atomic mass is 10.1. The first kappa shape index (κ1) is 20.1. The molecule has 8 heteroatoms. The number of fused-ring (bicyclic) bond motifs is 1. The van der Waals surface area contributed by atoms with Crippen molar-refractivity contribution in [1.29, 1.82) is 0 Å². The first-order valence-electron chi connectivity index (χ1n) is 8.98. The molecule has 0 aliphatic carbocycles. The molecule has 0 fully saturated rings. The largest absolute Gasteiger partial charge is 0.482 e. The van der Waals surface area contributed by atoms with Gasteiger partial charge in [-0.25, -0.2) is 4.79 Å². The Bertz CT molecular complexity index is 954. The van der Waals surface area contributed by atoms with Gasteiger partial charge in [-0.3, -0.25) is 19.3 Å². The molecule has 3 rings (SSSR count). The first-order chi connectivity index (χ1) is 13.8. The van der Waals surface area contributed by atoms with Crippen LogP contribution in [0.1, 0.15) is 24.2 Å². The van der Waals surface area contributed by atoms with Gasteiger partial charge in [-0.15, -0.1) is 0 Å². The van der Waals surface area contributed by atoms with E-state index < -0.39 is 24.6 Å². The van der Waals surface area contributed by atoms with Crippen LogP contribution in [0.2, 0.25) is 0 Å². The summed E-state index contributed by atoms with van der Waals surface area (Å²) >= 11 is 0. The SMILES string of the molecule is CC(=O)c1ccc(OCC(=O)O[C@H](C)C(=O)N2CC(=O)Nc3ccccc32)cc1. The van der Waals surface area contributed by atoms with Crippen molar-refractivity contribution >= 4 is 34.9 Å². The molecule has 0 saturated heterocycles. The molecule has 0 unspecified atom stereocenters. The maximum Gasteiger partial charge on any atom is 0.344 e. The number of nitrogens with zero attached hydrogens (tertiary/aromatic N) is 1. The fraction of sp³-hybridized carbons (Fsp3) is 0.238. The lowest BCUT2D eigenvalue weighted by Crippen LogP contribution is -2.47. The summed E-state index contributed by atoms with van der Waals surface area (Å²) in [5, 5.41) is 2.69. The van der Waals surface area contributed by atoms with E-state index >= 15 is 0 Å². The predicted octanol–water partition coefficient (Wildman–Crippen LogP) is 2.18. The van der Waals surface area contributed by atoms with E-state index in [1.165, 1.54) is 18.7 Å². The summed E-state index contributed by atoms with van der Waals surface area (Å²) in [4.78, 5) is 49.2. The number of carbonyl (C=O) groups is 4. The van der Waals surface area contributed by atoms with Crippen molar-refractivity contribution in [2.24, 2.45) is 0 Å². The second kappa shape index (κ2) is 8.55. The predicted molar refractivity (Wildman–Crippen MR) is 105 cm³/mol. The van der Waals surface area contributed by atoms with Crippen LogP contribution >= 0.6 is 0 Å². The number of anilines is 2. The quantitative estimate of drug-likeness (QED) is 0.593. The topological polar surface area (TPSA) is 102 Å². The Morgan fingerprint density at radius 1 is 1.10 bits per heavy atom. The fourth-order valence-corrected chi connectivity index (χ4v) is 2.86. The summed E-state index contributed by atoms with van der Waals surface area (Å²) in [7, 11) is 0. The van der Waals surface area contributed by atoms with E-state index in [1.807, 2.05) is 0 Å². The van der Waals surface area contributed by atoms with Crippen molar-refractivity contribution in [3.8, 4) is 5.75 Å². The number of rotatable bonds is 6. The Hall–Kier alpha value is -3.68. The molecule has 2 amide bonds. The van der Waals surface area contributed by atoms with Crippen molar-refractivity contribution in [3.63, 3.8) is 0 Å². The molecule has 8 nitrogen and oxygen atoms in total. The molecule has 2 aromatic rings. The van der Waals surface area contributed by atoms with Gasteiger partial charge < -0.3 is 14.8 Å². The summed E-state index contributed by atoms with van der Waals surface area (Å²) in [5.41, 5.74) is 1.60. The van der Waals surface area contributed by atoms with E-state index in [0.717, 1.165) is 0 Å². The van der Waals surface area contributed by atoms with Gasteiger partial charge in [-0.1, -0.05) is 12.1 Å². The maximum atomic E-state index is 12.7. The third-order valence-corrected chi connectivity index (χ3v) is 4.31. The lowest BCUT2D eigenvalue weighted by Gasteiger charge is -2.30. The number of para-hydroxylation sites is 2. The number of hydrogen-bond donors (Lipinski definition) is 1. The second-order valence-electron chi connectivity index (χ2n) is 6.49. The second-order valence-corrected chi connectivity index (χ2v) is 6.49. The van der Waals surface area contributed by atoms with Gasteiger partial charge in [0.15, 0.2) is 18.5 Å². The van der Waals surface area contributed by atoms with E-state index in [0.29, 0.717) is 22.7 Å². The Labute approximate surface area is 167 Å². The van der Waals surface area contributed by atoms with Crippen LogP contribution in [0, 0.1) is 0 Å². The van der Waals surface area contributed by atoms with Crippen LogP contribution in [0.4, 0.5) is 11.4 Å². The van der Waals surface area contributed by atoms with Gasteiger partial charge in [0.05, 0.1) is 11.4 Å². The fourth-order valence-electron chi connectivity index (χ4n) is 2.86. The van der Waals surface area contributed by atoms with Gasteiger partial charge in [0.25, 0.3) is 5.91 Å². The van der Waals surface area contributed by atoms with Gasteiger partial charge in [0, 0.05) is 5.56 Å². The molecule has 0 aromatic heterocycles. The van der Waals surface area contributed by atoms with Crippen LogP contribution in [0.25, 0.3) is 0 Å². The minimum Gasteiger partial charge on any atom is -0.482 e.